The Bertz CT molecular complexity index is 529. The summed E-state index contributed by atoms with van der Waals surface area (Å²) in [6.07, 6.45) is 0. The first-order chi connectivity index (χ1) is 8.15. The first-order valence-corrected chi connectivity index (χ1v) is 5.84. The van der Waals surface area contributed by atoms with Gasteiger partial charge in [-0.05, 0) is 35.9 Å². The fourth-order valence-electron chi connectivity index (χ4n) is 1.48. The van der Waals surface area contributed by atoms with E-state index in [1.54, 1.807) is 6.07 Å². The number of halogens is 3. The Balaban J connectivity index is 2.07. The second kappa shape index (κ2) is 5.39. The lowest BCUT2D eigenvalue weighted by molar-refractivity contribution is 0.628. The number of benzene rings is 2. The fraction of sp³-hybridized carbons (Fsp3) is 0.0769. The van der Waals surface area contributed by atoms with E-state index in [9.17, 15) is 4.39 Å². The van der Waals surface area contributed by atoms with Crippen molar-refractivity contribution < 1.29 is 4.39 Å². The summed E-state index contributed by atoms with van der Waals surface area (Å²) in [6.45, 7) is 0.589. The molecule has 0 radical (unpaired) electrons. The van der Waals surface area contributed by atoms with Crippen LogP contribution in [0.5, 0.6) is 0 Å². The minimum absolute atomic E-state index is 0.344. The smallest absolute Gasteiger partial charge is 0.124 e. The minimum Gasteiger partial charge on any atom is -0.380 e. The molecule has 4 heteroatoms. The predicted octanol–water partition coefficient (Wildman–Crippen LogP) is 4.74. The molecule has 2 rings (SSSR count). The van der Waals surface area contributed by atoms with Crippen LogP contribution in [0.3, 0.4) is 0 Å². The van der Waals surface area contributed by atoms with Crippen molar-refractivity contribution in [2.45, 2.75) is 6.54 Å². The van der Waals surface area contributed by atoms with Crippen LogP contribution in [0.15, 0.2) is 42.5 Å². The van der Waals surface area contributed by atoms with Gasteiger partial charge in [-0.1, -0.05) is 35.3 Å². The number of hydrogen-bond acceptors (Lipinski definition) is 1. The molecule has 0 aliphatic carbocycles. The number of nitrogens with one attached hydrogen (secondary N) is 1. The molecule has 0 aromatic heterocycles. The van der Waals surface area contributed by atoms with E-state index < -0.39 is 0 Å². The van der Waals surface area contributed by atoms with Crippen molar-refractivity contribution in [1.82, 2.24) is 0 Å². The predicted molar refractivity (Wildman–Crippen MR) is 70.2 cm³/mol. The number of hydrogen-bond donors (Lipinski definition) is 1. The van der Waals surface area contributed by atoms with Crippen molar-refractivity contribution in [3.05, 3.63) is 63.9 Å². The minimum atomic E-state index is -0.344. The Morgan fingerprint density at radius 3 is 2.59 bits per heavy atom. The van der Waals surface area contributed by atoms with Gasteiger partial charge in [-0.25, -0.2) is 4.39 Å². The molecule has 17 heavy (non-hydrogen) atoms. The normalized spacial score (nSPS) is 10.3. The third-order valence-electron chi connectivity index (χ3n) is 2.30. The van der Waals surface area contributed by atoms with Crippen LogP contribution < -0.4 is 5.32 Å². The van der Waals surface area contributed by atoms with E-state index in [4.69, 9.17) is 23.2 Å². The highest BCUT2D eigenvalue weighted by Gasteiger charge is 2.01. The topological polar surface area (TPSA) is 12.0 Å². The van der Waals surface area contributed by atoms with Gasteiger partial charge in [-0.3, -0.25) is 0 Å². The number of anilines is 1. The van der Waals surface area contributed by atoms with Crippen molar-refractivity contribution in [3.63, 3.8) is 0 Å². The summed E-state index contributed by atoms with van der Waals surface area (Å²) in [5.41, 5.74) is 1.74. The molecule has 0 aliphatic rings. The van der Waals surface area contributed by atoms with Crippen molar-refractivity contribution in [3.8, 4) is 0 Å². The van der Waals surface area contributed by atoms with Gasteiger partial charge >= 0.3 is 0 Å². The maximum Gasteiger partial charge on any atom is 0.124 e. The van der Waals surface area contributed by atoms with Crippen LogP contribution in [0.1, 0.15) is 5.56 Å². The fourth-order valence-corrected chi connectivity index (χ4v) is 1.92. The second-order valence-electron chi connectivity index (χ2n) is 3.61. The molecule has 2 aromatic rings. The molecule has 0 saturated heterocycles. The monoisotopic (exact) mass is 269 g/mol. The molecule has 0 saturated carbocycles. The molecule has 2 aromatic carbocycles. The van der Waals surface area contributed by atoms with Crippen LogP contribution in [0, 0.1) is 5.82 Å². The lowest BCUT2D eigenvalue weighted by Gasteiger charge is -2.08. The summed E-state index contributed by atoms with van der Waals surface area (Å²) in [6, 6.07) is 11.8. The molecule has 0 atom stereocenters. The van der Waals surface area contributed by atoms with Crippen LogP contribution in [0.4, 0.5) is 10.1 Å². The van der Waals surface area contributed by atoms with E-state index in [-0.39, 0.29) is 5.82 Å². The number of rotatable bonds is 3. The summed E-state index contributed by atoms with van der Waals surface area (Å²) < 4.78 is 12.8. The molecule has 0 heterocycles. The van der Waals surface area contributed by atoms with Crippen molar-refractivity contribution in [1.29, 1.82) is 0 Å². The highest BCUT2D eigenvalue weighted by Crippen LogP contribution is 2.23. The summed E-state index contributed by atoms with van der Waals surface area (Å²) in [7, 11) is 0. The summed E-state index contributed by atoms with van der Waals surface area (Å²) in [5, 5.41) is 4.18. The highest BCUT2D eigenvalue weighted by molar-refractivity contribution is 6.33. The maximum absolute atomic E-state index is 12.8. The molecule has 0 aliphatic heterocycles. The molecule has 0 amide bonds. The van der Waals surface area contributed by atoms with Gasteiger partial charge in [0.2, 0.25) is 0 Å². The van der Waals surface area contributed by atoms with E-state index in [2.05, 4.69) is 5.32 Å². The summed E-state index contributed by atoms with van der Waals surface area (Å²) in [5.74, 6) is -0.344. The quantitative estimate of drug-likeness (QED) is 0.849. The van der Waals surface area contributed by atoms with Crippen LogP contribution in [-0.2, 0) is 6.54 Å². The molecule has 0 bridgehead atoms. The maximum atomic E-state index is 12.8. The average Bonchev–Trinajstić information content (AvgIpc) is 2.28. The van der Waals surface area contributed by atoms with E-state index in [0.29, 0.717) is 22.3 Å². The van der Waals surface area contributed by atoms with Crippen molar-refractivity contribution in [2.24, 2.45) is 0 Å². The van der Waals surface area contributed by atoms with Crippen LogP contribution >= 0.6 is 23.2 Å². The average molecular weight is 270 g/mol. The lowest BCUT2D eigenvalue weighted by Crippen LogP contribution is -1.99. The molecular weight excluding hydrogens is 260 g/mol. The van der Waals surface area contributed by atoms with Gasteiger partial charge in [-0.2, -0.15) is 0 Å². The van der Waals surface area contributed by atoms with Gasteiger partial charge in [-0.15, -0.1) is 0 Å². The van der Waals surface area contributed by atoms with Crippen molar-refractivity contribution in [2.75, 3.05) is 5.32 Å². The van der Waals surface area contributed by atoms with Crippen LogP contribution in [-0.4, -0.2) is 0 Å². The summed E-state index contributed by atoms with van der Waals surface area (Å²) >= 11 is 11.8. The summed E-state index contributed by atoms with van der Waals surface area (Å²) in [4.78, 5) is 0. The van der Waals surface area contributed by atoms with E-state index in [1.165, 1.54) is 12.1 Å². The molecule has 1 nitrogen and oxygen atoms in total. The molecule has 88 valence electrons. The van der Waals surface area contributed by atoms with Gasteiger partial charge < -0.3 is 5.32 Å². The second-order valence-corrected chi connectivity index (χ2v) is 4.45. The zero-order valence-electron chi connectivity index (χ0n) is 8.88. The SMILES string of the molecule is Fc1ccc(NCc2cccc(Cl)c2)c(Cl)c1. The Kier molecular flexibility index (Phi) is 3.87. The molecule has 0 spiro atoms. The van der Waals surface area contributed by atoms with Gasteiger partial charge in [0.05, 0.1) is 10.7 Å². The van der Waals surface area contributed by atoms with Crippen LogP contribution in [0.25, 0.3) is 0 Å². The molecular formula is C13H10Cl2FN. The van der Waals surface area contributed by atoms with Gasteiger partial charge in [0.25, 0.3) is 0 Å². The van der Waals surface area contributed by atoms with E-state index in [1.807, 2.05) is 24.3 Å². The Morgan fingerprint density at radius 2 is 1.88 bits per heavy atom. The largest absolute Gasteiger partial charge is 0.380 e. The van der Waals surface area contributed by atoms with Crippen LogP contribution in [0.2, 0.25) is 10.0 Å². The third kappa shape index (κ3) is 3.35. The Labute approximate surface area is 109 Å². The van der Waals surface area contributed by atoms with E-state index >= 15 is 0 Å². The Hall–Kier alpha value is -1.25. The van der Waals surface area contributed by atoms with E-state index in [0.717, 1.165) is 5.56 Å². The first kappa shape index (κ1) is 12.2. The molecule has 0 unspecified atom stereocenters. The third-order valence-corrected chi connectivity index (χ3v) is 2.85. The van der Waals surface area contributed by atoms with Gasteiger partial charge in [0, 0.05) is 11.6 Å². The standard InChI is InChI=1S/C13H10Cl2FN/c14-10-3-1-2-9(6-10)8-17-13-5-4-11(16)7-12(13)15/h1-7,17H,8H2. The zero-order valence-corrected chi connectivity index (χ0v) is 10.4. The molecule has 0 fully saturated rings. The van der Waals surface area contributed by atoms with Gasteiger partial charge in [0.15, 0.2) is 0 Å². The molecule has 1 N–H and O–H groups in total. The Morgan fingerprint density at radius 1 is 1.06 bits per heavy atom. The highest BCUT2D eigenvalue weighted by atomic mass is 35.5. The lowest BCUT2D eigenvalue weighted by atomic mass is 10.2. The zero-order chi connectivity index (χ0) is 12.3. The first-order valence-electron chi connectivity index (χ1n) is 5.08. The van der Waals surface area contributed by atoms with Crippen molar-refractivity contribution >= 4 is 28.9 Å². The van der Waals surface area contributed by atoms with Gasteiger partial charge in [0.1, 0.15) is 5.82 Å².